The second-order valence-electron chi connectivity index (χ2n) is 6.52. The van der Waals surface area contributed by atoms with Gasteiger partial charge in [-0.15, -0.1) is 0 Å². The van der Waals surface area contributed by atoms with Crippen LogP contribution in [-0.2, 0) is 4.74 Å². The van der Waals surface area contributed by atoms with E-state index in [1.54, 1.807) is 0 Å². The van der Waals surface area contributed by atoms with Crippen LogP contribution < -0.4 is 5.32 Å². The third kappa shape index (κ3) is 7.28. The highest BCUT2D eigenvalue weighted by molar-refractivity contribution is 4.76. The molecular formula is C16H34N2O. The van der Waals surface area contributed by atoms with E-state index in [9.17, 15) is 0 Å². The second-order valence-corrected chi connectivity index (χ2v) is 6.52. The van der Waals surface area contributed by atoms with Crippen LogP contribution in [0.5, 0.6) is 0 Å². The van der Waals surface area contributed by atoms with Crippen LogP contribution in [0.3, 0.4) is 0 Å². The van der Waals surface area contributed by atoms with Gasteiger partial charge in [-0.1, -0.05) is 13.8 Å². The number of methoxy groups -OCH3 is 1. The standard InChI is InChI=1S/C16H34N2O/c1-14(2)12-17-9-5-6-15(3)18-10-7-16(8-11-18)13-19-4/h14-17H,5-13H2,1-4H3. The van der Waals surface area contributed by atoms with Crippen molar-refractivity contribution in [3.8, 4) is 0 Å². The SMILES string of the molecule is COCC1CCN(C(C)CCCNCC(C)C)CC1. The van der Waals surface area contributed by atoms with Crippen LogP contribution in [0.2, 0.25) is 0 Å². The Bertz CT molecular complexity index is 213. The number of ether oxygens (including phenoxy) is 1. The molecule has 1 fully saturated rings. The molecule has 1 rings (SSSR count). The quantitative estimate of drug-likeness (QED) is 0.652. The predicted octanol–water partition coefficient (Wildman–Crippen LogP) is 2.76. The van der Waals surface area contributed by atoms with Crippen molar-refractivity contribution in [3.63, 3.8) is 0 Å². The highest BCUT2D eigenvalue weighted by Crippen LogP contribution is 2.20. The molecule has 0 aromatic carbocycles. The van der Waals surface area contributed by atoms with Gasteiger partial charge in [-0.05, 0) is 70.6 Å². The average Bonchev–Trinajstić information content (AvgIpc) is 2.39. The summed E-state index contributed by atoms with van der Waals surface area (Å²) in [6, 6.07) is 0.740. The summed E-state index contributed by atoms with van der Waals surface area (Å²) in [5.74, 6) is 1.55. The fraction of sp³-hybridized carbons (Fsp3) is 1.00. The zero-order valence-electron chi connectivity index (χ0n) is 13.5. The summed E-state index contributed by atoms with van der Waals surface area (Å²) in [5, 5.41) is 3.53. The van der Waals surface area contributed by atoms with Crippen LogP contribution in [0.1, 0.15) is 46.5 Å². The number of rotatable bonds is 9. The molecule has 1 aliphatic heterocycles. The molecule has 3 heteroatoms. The molecule has 0 aliphatic carbocycles. The molecule has 19 heavy (non-hydrogen) atoms. The molecule has 0 aromatic heterocycles. The minimum atomic E-state index is 0.740. The third-order valence-electron chi connectivity index (χ3n) is 4.20. The smallest absolute Gasteiger partial charge is 0.0491 e. The largest absolute Gasteiger partial charge is 0.384 e. The second kappa shape index (κ2) is 9.73. The lowest BCUT2D eigenvalue weighted by atomic mass is 9.96. The Kier molecular flexibility index (Phi) is 8.67. The molecule has 0 bridgehead atoms. The summed E-state index contributed by atoms with van der Waals surface area (Å²) in [6.07, 6.45) is 5.24. The molecule has 114 valence electrons. The van der Waals surface area contributed by atoms with E-state index in [4.69, 9.17) is 4.74 Å². The van der Waals surface area contributed by atoms with Crippen molar-refractivity contribution in [3.05, 3.63) is 0 Å². The van der Waals surface area contributed by atoms with Crippen molar-refractivity contribution < 1.29 is 4.74 Å². The first-order chi connectivity index (χ1) is 9.13. The number of nitrogens with zero attached hydrogens (tertiary/aromatic N) is 1. The Labute approximate surface area is 120 Å². The Balaban J connectivity index is 2.05. The third-order valence-corrected chi connectivity index (χ3v) is 4.20. The van der Waals surface area contributed by atoms with Crippen molar-refractivity contribution in [2.45, 2.75) is 52.5 Å². The minimum absolute atomic E-state index is 0.740. The number of hydrogen-bond donors (Lipinski definition) is 1. The van der Waals surface area contributed by atoms with Gasteiger partial charge in [0.05, 0.1) is 0 Å². The van der Waals surface area contributed by atoms with Gasteiger partial charge < -0.3 is 15.0 Å². The van der Waals surface area contributed by atoms with Crippen LogP contribution in [-0.4, -0.2) is 50.8 Å². The van der Waals surface area contributed by atoms with E-state index in [2.05, 4.69) is 31.0 Å². The van der Waals surface area contributed by atoms with E-state index in [1.807, 2.05) is 7.11 Å². The molecule has 3 nitrogen and oxygen atoms in total. The molecule has 1 atom stereocenters. The lowest BCUT2D eigenvalue weighted by Crippen LogP contribution is -2.41. The molecule has 0 aromatic rings. The molecule has 1 saturated heterocycles. The Hall–Kier alpha value is -0.120. The summed E-state index contributed by atoms with van der Waals surface area (Å²) in [7, 11) is 1.82. The maximum Gasteiger partial charge on any atom is 0.0491 e. The van der Waals surface area contributed by atoms with Gasteiger partial charge in [0.1, 0.15) is 0 Å². The monoisotopic (exact) mass is 270 g/mol. The van der Waals surface area contributed by atoms with Crippen LogP contribution >= 0.6 is 0 Å². The molecule has 1 unspecified atom stereocenters. The van der Waals surface area contributed by atoms with Crippen molar-refractivity contribution in [1.82, 2.24) is 10.2 Å². The fourth-order valence-corrected chi connectivity index (χ4v) is 2.89. The molecule has 1 heterocycles. The number of nitrogens with one attached hydrogen (secondary N) is 1. The van der Waals surface area contributed by atoms with E-state index in [1.165, 1.54) is 45.3 Å². The molecule has 0 saturated carbocycles. The Morgan fingerprint density at radius 2 is 1.89 bits per heavy atom. The maximum atomic E-state index is 5.26. The molecule has 1 N–H and O–H groups in total. The van der Waals surface area contributed by atoms with Gasteiger partial charge in [0.15, 0.2) is 0 Å². The summed E-state index contributed by atoms with van der Waals surface area (Å²) in [6.45, 7) is 12.7. The van der Waals surface area contributed by atoms with Gasteiger partial charge in [-0.25, -0.2) is 0 Å². The predicted molar refractivity (Wildman–Crippen MR) is 82.6 cm³/mol. The summed E-state index contributed by atoms with van der Waals surface area (Å²) >= 11 is 0. The molecule has 0 amide bonds. The van der Waals surface area contributed by atoms with E-state index >= 15 is 0 Å². The first-order valence-electron chi connectivity index (χ1n) is 8.07. The van der Waals surface area contributed by atoms with Gasteiger partial charge in [-0.3, -0.25) is 0 Å². The van der Waals surface area contributed by atoms with Gasteiger partial charge >= 0.3 is 0 Å². The first kappa shape index (κ1) is 16.9. The zero-order chi connectivity index (χ0) is 14.1. The summed E-state index contributed by atoms with van der Waals surface area (Å²) in [5.41, 5.74) is 0. The van der Waals surface area contributed by atoms with E-state index < -0.39 is 0 Å². The Morgan fingerprint density at radius 3 is 2.47 bits per heavy atom. The molecule has 1 aliphatic rings. The highest BCUT2D eigenvalue weighted by atomic mass is 16.5. The van der Waals surface area contributed by atoms with Crippen molar-refractivity contribution in [2.24, 2.45) is 11.8 Å². The average molecular weight is 270 g/mol. The van der Waals surface area contributed by atoms with Crippen molar-refractivity contribution >= 4 is 0 Å². The fourth-order valence-electron chi connectivity index (χ4n) is 2.89. The zero-order valence-corrected chi connectivity index (χ0v) is 13.5. The van der Waals surface area contributed by atoms with E-state index in [-0.39, 0.29) is 0 Å². The van der Waals surface area contributed by atoms with Crippen LogP contribution in [0.25, 0.3) is 0 Å². The van der Waals surface area contributed by atoms with Crippen LogP contribution in [0.15, 0.2) is 0 Å². The van der Waals surface area contributed by atoms with Gasteiger partial charge in [0.2, 0.25) is 0 Å². The summed E-state index contributed by atoms with van der Waals surface area (Å²) in [4.78, 5) is 2.66. The number of hydrogen-bond acceptors (Lipinski definition) is 3. The van der Waals surface area contributed by atoms with E-state index in [0.29, 0.717) is 0 Å². The molecule has 0 spiro atoms. The Morgan fingerprint density at radius 1 is 1.21 bits per heavy atom. The normalized spacial score (nSPS) is 20.1. The van der Waals surface area contributed by atoms with Crippen LogP contribution in [0, 0.1) is 11.8 Å². The number of likely N-dealkylation sites (tertiary alicyclic amines) is 1. The topological polar surface area (TPSA) is 24.5 Å². The lowest BCUT2D eigenvalue weighted by molar-refractivity contribution is 0.0809. The minimum Gasteiger partial charge on any atom is -0.384 e. The summed E-state index contributed by atoms with van der Waals surface area (Å²) < 4.78 is 5.26. The lowest BCUT2D eigenvalue weighted by Gasteiger charge is -2.36. The first-order valence-corrected chi connectivity index (χ1v) is 8.07. The maximum absolute atomic E-state index is 5.26. The van der Waals surface area contributed by atoms with Gasteiger partial charge in [0.25, 0.3) is 0 Å². The van der Waals surface area contributed by atoms with E-state index in [0.717, 1.165) is 31.0 Å². The number of piperidine rings is 1. The van der Waals surface area contributed by atoms with Crippen molar-refractivity contribution in [2.75, 3.05) is 39.9 Å². The molecule has 0 radical (unpaired) electrons. The van der Waals surface area contributed by atoms with Crippen LogP contribution in [0.4, 0.5) is 0 Å². The highest BCUT2D eigenvalue weighted by Gasteiger charge is 2.22. The van der Waals surface area contributed by atoms with Gasteiger partial charge in [0, 0.05) is 19.8 Å². The molecular weight excluding hydrogens is 236 g/mol. The van der Waals surface area contributed by atoms with Gasteiger partial charge in [-0.2, -0.15) is 0 Å². The van der Waals surface area contributed by atoms with Crippen molar-refractivity contribution in [1.29, 1.82) is 0 Å².